The molecule has 4 fully saturated rings. The number of pyridine rings is 4. The molecule has 4 aliphatic rings. The smallest absolute Gasteiger partial charge is 0.169 e. The van der Waals surface area contributed by atoms with Crippen LogP contribution >= 0.6 is 0 Å². The average Bonchev–Trinajstić information content (AvgIpc) is 4.18. The van der Waals surface area contributed by atoms with Crippen LogP contribution in [-0.2, 0) is 54.3 Å². The Morgan fingerprint density at radius 2 is 0.652 bits per heavy atom. The summed E-state index contributed by atoms with van der Waals surface area (Å²) in [6.07, 6.45) is 63.6. The molecule has 0 saturated heterocycles. The van der Waals surface area contributed by atoms with Gasteiger partial charge in [0.25, 0.3) is 0 Å². The quantitative estimate of drug-likeness (QED) is 0.0375. The topological polar surface area (TPSA) is 24.5 Å². The van der Waals surface area contributed by atoms with E-state index in [2.05, 4.69) is 111 Å². The van der Waals surface area contributed by atoms with Crippen LogP contribution in [0.15, 0.2) is 98.1 Å². The number of aromatic nitrogens is 4. The first-order valence-corrected chi connectivity index (χ1v) is 26.1. The van der Waals surface area contributed by atoms with E-state index in [-0.39, 0.29) is 73.0 Å². The Bertz CT molecular complexity index is 1590. The molecule has 4 aromatic rings. The van der Waals surface area contributed by atoms with Crippen LogP contribution in [0.4, 0.5) is 0 Å². The third-order valence-corrected chi connectivity index (χ3v) is 14.1. The molecule has 7 heteroatoms. The SMILES string of the molecule is C.C.C1CCCC1.C1CCCC1.C[n+]1ccc(-c2cc[n+](CCCCCCCCC3CCCC3)cc2)cc1.[Fe].[Fe].[I-].c1cc(-c2cc[n+](CCCCCCCCC3CCCC3)cc2)ccn1. The van der Waals surface area contributed by atoms with Gasteiger partial charge in [0.05, 0.1) is 0 Å². The van der Waals surface area contributed by atoms with Gasteiger partial charge in [-0.25, -0.2) is 13.7 Å². The van der Waals surface area contributed by atoms with Crippen LogP contribution in [0.5, 0.6) is 0 Å². The molecule has 0 unspecified atom stereocenters. The van der Waals surface area contributed by atoms with Gasteiger partial charge >= 0.3 is 0 Å². The first kappa shape index (κ1) is 64.4. The van der Waals surface area contributed by atoms with Crippen molar-refractivity contribution in [2.75, 3.05) is 0 Å². The number of unbranched alkanes of at least 4 members (excludes halogenated alkanes) is 10. The zero-order valence-electron chi connectivity index (χ0n) is 40.3. The van der Waals surface area contributed by atoms with Gasteiger partial charge in [0, 0.05) is 95.8 Å². The van der Waals surface area contributed by atoms with Crippen molar-refractivity contribution in [3.05, 3.63) is 98.1 Å². The summed E-state index contributed by atoms with van der Waals surface area (Å²) in [6.45, 7) is 2.28. The number of halogens is 1. The van der Waals surface area contributed by atoms with Crippen molar-refractivity contribution in [3.63, 3.8) is 0 Å². The van der Waals surface area contributed by atoms with Gasteiger partial charge in [0.2, 0.25) is 0 Å². The Morgan fingerprint density at radius 1 is 0.379 bits per heavy atom. The van der Waals surface area contributed by atoms with E-state index in [1.807, 2.05) is 12.4 Å². The maximum atomic E-state index is 4.08. The first-order chi connectivity index (χ1) is 30.2. The van der Waals surface area contributed by atoms with E-state index in [1.54, 1.807) is 0 Å². The Labute approximate surface area is 446 Å². The van der Waals surface area contributed by atoms with Crippen LogP contribution in [0.2, 0.25) is 0 Å². The molecular formula is C59H97Fe2IN4+2. The first-order valence-electron chi connectivity index (χ1n) is 26.1. The van der Waals surface area contributed by atoms with Gasteiger partial charge in [0.15, 0.2) is 37.2 Å². The number of nitrogens with zero attached hydrogens (tertiary/aromatic N) is 4. The maximum absolute atomic E-state index is 4.08. The molecular weight excluding hydrogens is 1000 g/mol. The zero-order valence-corrected chi connectivity index (χ0v) is 44.7. The maximum Gasteiger partial charge on any atom is 0.169 e. The molecule has 0 radical (unpaired) electrons. The third-order valence-electron chi connectivity index (χ3n) is 14.1. The van der Waals surface area contributed by atoms with Crippen molar-refractivity contribution in [2.45, 2.75) is 233 Å². The molecule has 0 spiro atoms. The van der Waals surface area contributed by atoms with Crippen molar-refractivity contribution >= 4 is 0 Å². The molecule has 4 saturated carbocycles. The van der Waals surface area contributed by atoms with Crippen LogP contribution in [0.25, 0.3) is 22.3 Å². The predicted octanol–water partition coefficient (Wildman–Crippen LogP) is 13.5. The number of aryl methyl sites for hydroxylation is 3. The second-order valence-corrected chi connectivity index (χ2v) is 19.3. The summed E-state index contributed by atoms with van der Waals surface area (Å²) in [7, 11) is 2.05. The second kappa shape index (κ2) is 42.3. The van der Waals surface area contributed by atoms with Gasteiger partial charge in [-0.05, 0) is 59.1 Å². The van der Waals surface area contributed by atoms with Crippen molar-refractivity contribution in [2.24, 2.45) is 18.9 Å². The number of rotatable bonds is 20. The normalized spacial score (nSPS) is 15.1. The monoisotopic (exact) mass is 1100 g/mol. The summed E-state index contributed by atoms with van der Waals surface area (Å²) in [5.41, 5.74) is 5.08. The molecule has 66 heavy (non-hydrogen) atoms. The van der Waals surface area contributed by atoms with E-state index < -0.39 is 0 Å². The van der Waals surface area contributed by atoms with Gasteiger partial charge in [0.1, 0.15) is 20.1 Å². The van der Waals surface area contributed by atoms with Gasteiger partial charge in [-0.15, -0.1) is 0 Å². The van der Waals surface area contributed by atoms with E-state index >= 15 is 0 Å². The summed E-state index contributed by atoms with van der Waals surface area (Å²) in [5, 5.41) is 0. The van der Waals surface area contributed by atoms with Crippen molar-refractivity contribution in [1.82, 2.24) is 4.98 Å². The van der Waals surface area contributed by atoms with Crippen LogP contribution in [0.3, 0.4) is 0 Å². The van der Waals surface area contributed by atoms with Crippen LogP contribution in [-0.4, -0.2) is 4.98 Å². The molecule has 4 nitrogen and oxygen atoms in total. The van der Waals surface area contributed by atoms with E-state index in [0.717, 1.165) is 24.9 Å². The van der Waals surface area contributed by atoms with Crippen LogP contribution in [0.1, 0.15) is 220 Å². The molecule has 0 N–H and O–H groups in total. The van der Waals surface area contributed by atoms with Gasteiger partial charge < -0.3 is 24.0 Å². The molecule has 0 aliphatic heterocycles. The minimum absolute atomic E-state index is 0. The molecule has 8 rings (SSSR count). The number of hydrogen-bond donors (Lipinski definition) is 0. The molecule has 374 valence electrons. The van der Waals surface area contributed by atoms with Crippen molar-refractivity contribution in [3.8, 4) is 22.3 Å². The summed E-state index contributed by atoms with van der Waals surface area (Å²) in [6, 6.07) is 17.4. The van der Waals surface area contributed by atoms with Crippen LogP contribution in [0, 0.1) is 11.8 Å². The minimum atomic E-state index is 0. The predicted molar refractivity (Wildman–Crippen MR) is 271 cm³/mol. The fourth-order valence-corrected chi connectivity index (χ4v) is 10.1. The minimum Gasteiger partial charge on any atom is -1.00 e. The molecule has 4 aromatic heterocycles. The summed E-state index contributed by atoms with van der Waals surface area (Å²) in [4.78, 5) is 4.08. The molecule has 0 amide bonds. The average molecular weight is 1100 g/mol. The summed E-state index contributed by atoms with van der Waals surface area (Å²) >= 11 is 0. The van der Waals surface area contributed by atoms with Crippen LogP contribution < -0.4 is 37.7 Å². The number of hydrogen-bond acceptors (Lipinski definition) is 1. The largest absolute Gasteiger partial charge is 1.00 e. The zero-order chi connectivity index (χ0) is 42.3. The van der Waals surface area contributed by atoms with Gasteiger partial charge in [-0.2, -0.15) is 0 Å². The Hall–Kier alpha value is -1.63. The second-order valence-electron chi connectivity index (χ2n) is 19.3. The van der Waals surface area contributed by atoms with Gasteiger partial charge in [-0.1, -0.05) is 195 Å². The summed E-state index contributed by atoms with van der Waals surface area (Å²) in [5.74, 6) is 2.15. The summed E-state index contributed by atoms with van der Waals surface area (Å²) < 4.78 is 6.71. The Morgan fingerprint density at radius 3 is 0.985 bits per heavy atom. The van der Waals surface area contributed by atoms with E-state index in [9.17, 15) is 0 Å². The molecule has 4 aliphatic carbocycles. The fourth-order valence-electron chi connectivity index (χ4n) is 10.1. The van der Waals surface area contributed by atoms with Gasteiger partial charge in [-0.3, -0.25) is 4.98 Å². The third kappa shape index (κ3) is 28.8. The van der Waals surface area contributed by atoms with E-state index in [4.69, 9.17) is 0 Å². The molecule has 0 atom stereocenters. The molecule has 0 aromatic carbocycles. The molecule has 0 bridgehead atoms. The Balaban J connectivity index is 0.000000990. The standard InChI is InChI=1S/C24H36N2.C23H33N2.2C5H10.2CH4.2Fe.HI/c1-25-18-13-23(14-19-25)24-15-20-26(21-16-24)17-9-5-3-2-4-6-10-22-11-7-8-12-22;1(3-5-9-21-10-6-7-11-21)2-4-8-18-25-19-14-23(15-20-25)22-12-16-24-17-13-22;2*1-2-4-5-3-1;;;;;/h13-16,18-22H,2-12,17H2,1H3;12-17,19-21H,1-11,18H2;2*1-5H2;2*1H4;;;1H/q+2;+1;;;;;;;/p-1. The van der Waals surface area contributed by atoms with E-state index in [0.29, 0.717) is 0 Å². The van der Waals surface area contributed by atoms with Crippen molar-refractivity contribution in [1.29, 1.82) is 0 Å². The molecule has 4 heterocycles. The van der Waals surface area contributed by atoms with Crippen molar-refractivity contribution < 1.29 is 71.8 Å². The fraction of sp³-hybridized carbons (Fsp3) is 0.661. The Kier molecular flexibility index (Phi) is 41.2. The van der Waals surface area contributed by atoms with E-state index in [1.165, 1.54) is 228 Å².